The molecule has 3 heteroatoms. The lowest BCUT2D eigenvalue weighted by Gasteiger charge is -1.97. The highest BCUT2D eigenvalue weighted by Crippen LogP contribution is 2.14. The summed E-state index contributed by atoms with van der Waals surface area (Å²) in [5.74, 6) is 1.16. The SMILES string of the molecule is CCCSc1nccn1C. The van der Waals surface area contributed by atoms with Crippen molar-refractivity contribution in [3.63, 3.8) is 0 Å². The molecule has 1 heterocycles. The fourth-order valence-corrected chi connectivity index (χ4v) is 1.47. The second-order valence-electron chi connectivity index (χ2n) is 2.17. The molecule has 1 aromatic heterocycles. The molecule has 56 valence electrons. The molecule has 0 aliphatic rings. The van der Waals surface area contributed by atoms with Gasteiger partial charge in [-0.25, -0.2) is 4.98 Å². The van der Waals surface area contributed by atoms with Crippen LogP contribution in [0.5, 0.6) is 0 Å². The Morgan fingerprint density at radius 2 is 2.50 bits per heavy atom. The molecule has 0 aliphatic heterocycles. The minimum absolute atomic E-state index is 1.11. The summed E-state index contributed by atoms with van der Waals surface area (Å²) in [5, 5.41) is 1.11. The van der Waals surface area contributed by atoms with Crippen molar-refractivity contribution in [2.45, 2.75) is 18.5 Å². The number of aromatic nitrogens is 2. The molecular formula is C7H12N2S. The van der Waals surface area contributed by atoms with Crippen LogP contribution in [0.1, 0.15) is 13.3 Å². The molecule has 0 saturated heterocycles. The highest BCUT2D eigenvalue weighted by Gasteiger charge is 1.96. The zero-order valence-electron chi connectivity index (χ0n) is 6.37. The van der Waals surface area contributed by atoms with E-state index < -0.39 is 0 Å². The number of hydrogen-bond donors (Lipinski definition) is 0. The quantitative estimate of drug-likeness (QED) is 0.622. The maximum atomic E-state index is 4.18. The minimum atomic E-state index is 1.11. The highest BCUT2D eigenvalue weighted by molar-refractivity contribution is 7.99. The lowest BCUT2D eigenvalue weighted by atomic mass is 10.6. The minimum Gasteiger partial charge on any atom is -0.329 e. The summed E-state index contributed by atoms with van der Waals surface area (Å²) in [7, 11) is 2.02. The summed E-state index contributed by atoms with van der Waals surface area (Å²) in [6.45, 7) is 2.18. The van der Waals surface area contributed by atoms with Gasteiger partial charge in [0.15, 0.2) is 5.16 Å². The maximum Gasteiger partial charge on any atom is 0.167 e. The van der Waals surface area contributed by atoms with Crippen molar-refractivity contribution in [1.29, 1.82) is 0 Å². The van der Waals surface area contributed by atoms with E-state index in [1.165, 1.54) is 6.42 Å². The van der Waals surface area contributed by atoms with E-state index in [0.717, 1.165) is 10.9 Å². The Bertz CT molecular complexity index is 195. The van der Waals surface area contributed by atoms with Crippen molar-refractivity contribution in [2.75, 3.05) is 5.75 Å². The Hall–Kier alpha value is -0.440. The van der Waals surface area contributed by atoms with Crippen molar-refractivity contribution < 1.29 is 0 Å². The first-order chi connectivity index (χ1) is 4.84. The number of hydrogen-bond acceptors (Lipinski definition) is 2. The van der Waals surface area contributed by atoms with Crippen LogP contribution in [0.3, 0.4) is 0 Å². The molecule has 10 heavy (non-hydrogen) atoms. The van der Waals surface area contributed by atoms with E-state index in [4.69, 9.17) is 0 Å². The van der Waals surface area contributed by atoms with Crippen LogP contribution < -0.4 is 0 Å². The molecule has 0 aromatic carbocycles. The predicted molar refractivity (Wildman–Crippen MR) is 44.2 cm³/mol. The molecule has 0 N–H and O–H groups in total. The Balaban J connectivity index is 2.49. The molecule has 0 unspecified atom stereocenters. The van der Waals surface area contributed by atoms with E-state index in [1.54, 1.807) is 11.8 Å². The van der Waals surface area contributed by atoms with Gasteiger partial charge in [-0.2, -0.15) is 0 Å². The van der Waals surface area contributed by atoms with Gasteiger partial charge in [0.1, 0.15) is 0 Å². The molecule has 0 saturated carbocycles. The average Bonchev–Trinajstić information content (AvgIpc) is 2.31. The van der Waals surface area contributed by atoms with Gasteiger partial charge < -0.3 is 4.57 Å². The second-order valence-corrected chi connectivity index (χ2v) is 3.23. The first-order valence-electron chi connectivity index (χ1n) is 3.44. The molecule has 0 radical (unpaired) electrons. The van der Waals surface area contributed by atoms with Gasteiger partial charge in [0.2, 0.25) is 0 Å². The monoisotopic (exact) mass is 156 g/mol. The largest absolute Gasteiger partial charge is 0.329 e. The smallest absolute Gasteiger partial charge is 0.167 e. The van der Waals surface area contributed by atoms with Gasteiger partial charge >= 0.3 is 0 Å². The van der Waals surface area contributed by atoms with Crippen LogP contribution in [-0.4, -0.2) is 15.3 Å². The van der Waals surface area contributed by atoms with E-state index in [9.17, 15) is 0 Å². The van der Waals surface area contributed by atoms with Gasteiger partial charge in [0.25, 0.3) is 0 Å². The normalized spacial score (nSPS) is 10.2. The fraction of sp³-hybridized carbons (Fsp3) is 0.571. The first kappa shape index (κ1) is 7.66. The van der Waals surface area contributed by atoms with Crippen LogP contribution in [0.4, 0.5) is 0 Å². The summed E-state index contributed by atoms with van der Waals surface area (Å²) in [4.78, 5) is 4.18. The second kappa shape index (κ2) is 3.66. The molecule has 2 nitrogen and oxygen atoms in total. The zero-order chi connectivity index (χ0) is 7.40. The third-order valence-corrected chi connectivity index (χ3v) is 2.48. The van der Waals surface area contributed by atoms with Gasteiger partial charge in [0.05, 0.1) is 0 Å². The lowest BCUT2D eigenvalue weighted by Crippen LogP contribution is -1.88. The number of thioether (sulfide) groups is 1. The lowest BCUT2D eigenvalue weighted by molar-refractivity contribution is 0.789. The molecule has 0 fully saturated rings. The molecule has 1 rings (SSSR count). The summed E-state index contributed by atoms with van der Waals surface area (Å²) in [6.07, 6.45) is 5.01. The van der Waals surface area contributed by atoms with Crippen molar-refractivity contribution in [3.8, 4) is 0 Å². The van der Waals surface area contributed by atoms with Crippen molar-refractivity contribution in [3.05, 3.63) is 12.4 Å². The standard InChI is InChI=1S/C7H12N2S/c1-3-6-10-7-8-4-5-9(7)2/h4-5H,3,6H2,1-2H3. The topological polar surface area (TPSA) is 17.8 Å². The van der Waals surface area contributed by atoms with Crippen LogP contribution in [0.2, 0.25) is 0 Å². The summed E-state index contributed by atoms with van der Waals surface area (Å²) >= 11 is 1.81. The summed E-state index contributed by atoms with van der Waals surface area (Å²) in [5.41, 5.74) is 0. The highest BCUT2D eigenvalue weighted by atomic mass is 32.2. The Morgan fingerprint density at radius 1 is 1.70 bits per heavy atom. The number of aryl methyl sites for hydroxylation is 1. The van der Waals surface area contributed by atoms with Gasteiger partial charge in [-0.3, -0.25) is 0 Å². The van der Waals surface area contributed by atoms with Crippen LogP contribution in [0, 0.1) is 0 Å². The third-order valence-electron chi connectivity index (χ3n) is 1.21. The Morgan fingerprint density at radius 3 is 3.00 bits per heavy atom. The van der Waals surface area contributed by atoms with Gasteiger partial charge in [-0.05, 0) is 6.42 Å². The predicted octanol–water partition coefficient (Wildman–Crippen LogP) is 1.92. The first-order valence-corrected chi connectivity index (χ1v) is 4.43. The molecule has 0 spiro atoms. The Labute approximate surface area is 65.7 Å². The molecule has 0 atom stereocenters. The molecule has 0 amide bonds. The van der Waals surface area contributed by atoms with E-state index in [2.05, 4.69) is 11.9 Å². The number of imidazole rings is 1. The van der Waals surface area contributed by atoms with Crippen LogP contribution in [-0.2, 0) is 7.05 Å². The van der Waals surface area contributed by atoms with E-state index in [-0.39, 0.29) is 0 Å². The maximum absolute atomic E-state index is 4.18. The third kappa shape index (κ3) is 1.77. The van der Waals surface area contributed by atoms with Gasteiger partial charge in [-0.15, -0.1) is 0 Å². The molecule has 0 aliphatic carbocycles. The van der Waals surface area contributed by atoms with Gasteiger partial charge in [-0.1, -0.05) is 18.7 Å². The van der Waals surface area contributed by atoms with E-state index in [1.807, 2.05) is 24.0 Å². The number of nitrogens with zero attached hydrogens (tertiary/aromatic N) is 2. The van der Waals surface area contributed by atoms with E-state index >= 15 is 0 Å². The molecular weight excluding hydrogens is 144 g/mol. The Kier molecular flexibility index (Phi) is 2.81. The number of rotatable bonds is 3. The van der Waals surface area contributed by atoms with Gasteiger partial charge in [0, 0.05) is 25.2 Å². The van der Waals surface area contributed by atoms with Crippen LogP contribution in [0.15, 0.2) is 17.6 Å². The van der Waals surface area contributed by atoms with Crippen LogP contribution >= 0.6 is 11.8 Å². The fourth-order valence-electron chi connectivity index (χ4n) is 0.684. The zero-order valence-corrected chi connectivity index (χ0v) is 7.19. The molecule has 0 bridgehead atoms. The van der Waals surface area contributed by atoms with Crippen molar-refractivity contribution in [2.24, 2.45) is 7.05 Å². The van der Waals surface area contributed by atoms with Crippen molar-refractivity contribution in [1.82, 2.24) is 9.55 Å². The average molecular weight is 156 g/mol. The van der Waals surface area contributed by atoms with E-state index in [0.29, 0.717) is 0 Å². The molecule has 1 aromatic rings. The summed E-state index contributed by atoms with van der Waals surface area (Å²) < 4.78 is 2.04. The summed E-state index contributed by atoms with van der Waals surface area (Å²) in [6, 6.07) is 0. The van der Waals surface area contributed by atoms with Crippen molar-refractivity contribution >= 4 is 11.8 Å². The van der Waals surface area contributed by atoms with Crippen LogP contribution in [0.25, 0.3) is 0 Å².